The number of methoxy groups -OCH3 is 1. The van der Waals surface area contributed by atoms with E-state index in [1.54, 1.807) is 32.9 Å². The van der Waals surface area contributed by atoms with E-state index in [0.717, 1.165) is 24.9 Å². The number of aromatic hydroxyl groups is 1. The molecule has 0 aliphatic carbocycles. The summed E-state index contributed by atoms with van der Waals surface area (Å²) < 4.78 is 9.54. The van der Waals surface area contributed by atoms with Crippen LogP contribution in [0.25, 0.3) is 0 Å². The van der Waals surface area contributed by atoms with Crippen LogP contribution in [-0.2, 0) is 36.7 Å². The van der Waals surface area contributed by atoms with Gasteiger partial charge in [-0.3, -0.25) is 9.59 Å². The van der Waals surface area contributed by atoms with Crippen molar-refractivity contribution in [3.8, 4) is 5.75 Å². The molecular formula is C29H41N3O9. The Morgan fingerprint density at radius 1 is 1.00 bits per heavy atom. The zero-order valence-corrected chi connectivity index (χ0v) is 23.8. The summed E-state index contributed by atoms with van der Waals surface area (Å²) in [5.41, 5.74) is 6.62. The second-order valence-electron chi connectivity index (χ2n) is 10.2. The number of carboxylic acid groups (broad SMARTS) is 2. The SMILES string of the molecule is CC(C)(C)OC(=O)NC(Cc1ccc(O)cc1)C(=O)O.COC(=O)C(N)Cc1ccccc1.O=C(O)[C@@H]1CCCN1. The molecule has 3 rings (SSSR count). The molecule has 0 saturated carbocycles. The van der Waals surface area contributed by atoms with Crippen molar-refractivity contribution in [2.45, 2.75) is 70.2 Å². The van der Waals surface area contributed by atoms with Crippen molar-refractivity contribution in [3.63, 3.8) is 0 Å². The van der Waals surface area contributed by atoms with E-state index in [4.69, 9.17) is 25.8 Å². The summed E-state index contributed by atoms with van der Waals surface area (Å²) in [7, 11) is 1.34. The third kappa shape index (κ3) is 15.3. The Morgan fingerprint density at radius 2 is 1.59 bits per heavy atom. The van der Waals surface area contributed by atoms with Crippen LogP contribution < -0.4 is 16.4 Å². The van der Waals surface area contributed by atoms with Crippen molar-refractivity contribution in [3.05, 3.63) is 65.7 Å². The maximum Gasteiger partial charge on any atom is 0.408 e. The van der Waals surface area contributed by atoms with E-state index in [1.165, 1.54) is 19.2 Å². The van der Waals surface area contributed by atoms with E-state index in [-0.39, 0.29) is 24.2 Å². The molecule has 0 radical (unpaired) electrons. The average Bonchev–Trinajstić information content (AvgIpc) is 3.45. The van der Waals surface area contributed by atoms with Crippen molar-refractivity contribution in [1.29, 1.82) is 0 Å². The third-order valence-electron chi connectivity index (χ3n) is 5.53. The molecule has 0 aromatic heterocycles. The predicted molar refractivity (Wildman–Crippen MR) is 151 cm³/mol. The lowest BCUT2D eigenvalue weighted by Crippen LogP contribution is -2.44. The molecule has 3 atom stereocenters. The van der Waals surface area contributed by atoms with Gasteiger partial charge in [-0.25, -0.2) is 9.59 Å². The lowest BCUT2D eigenvalue weighted by Gasteiger charge is -2.22. The van der Waals surface area contributed by atoms with E-state index < -0.39 is 35.7 Å². The second kappa shape index (κ2) is 17.5. The zero-order chi connectivity index (χ0) is 31.0. The highest BCUT2D eigenvalue weighted by atomic mass is 16.6. The van der Waals surface area contributed by atoms with Crippen molar-refractivity contribution < 1.29 is 44.0 Å². The normalized spacial score (nSPS) is 15.5. The minimum Gasteiger partial charge on any atom is -0.508 e. The van der Waals surface area contributed by atoms with Gasteiger partial charge in [0, 0.05) is 6.42 Å². The summed E-state index contributed by atoms with van der Waals surface area (Å²) in [6.45, 7) is 5.95. The first-order valence-corrected chi connectivity index (χ1v) is 13.1. The maximum atomic E-state index is 11.6. The molecule has 7 N–H and O–H groups in total. The molecule has 1 heterocycles. The summed E-state index contributed by atoms with van der Waals surface area (Å²) in [5, 5.41) is 31.8. The van der Waals surface area contributed by atoms with Gasteiger partial charge in [-0.15, -0.1) is 0 Å². The van der Waals surface area contributed by atoms with Crippen molar-refractivity contribution in [2.24, 2.45) is 5.73 Å². The zero-order valence-electron chi connectivity index (χ0n) is 23.8. The standard InChI is InChI=1S/C14H19NO5.C10H13NO2.C5H9NO2/c1-14(2,3)20-13(19)15-11(12(17)18)8-9-4-6-10(16)7-5-9;1-13-10(12)9(11)7-8-5-3-2-4-6-8;7-5(8)4-2-1-3-6-4/h4-7,11,16H,8H2,1-3H3,(H,15,19)(H,17,18);2-6,9H,7,11H2,1H3;4,6H,1-3H2,(H,7,8)/t;;4-/m..0/s1. The first-order valence-electron chi connectivity index (χ1n) is 13.1. The summed E-state index contributed by atoms with van der Waals surface area (Å²) in [4.78, 5) is 43.8. The number of nitrogens with one attached hydrogen (secondary N) is 2. The molecule has 12 nitrogen and oxygen atoms in total. The molecule has 1 aliphatic rings. The van der Waals surface area contributed by atoms with Crippen LogP contribution in [-0.4, -0.2) is 76.7 Å². The number of esters is 1. The van der Waals surface area contributed by atoms with Crippen LogP contribution in [0.15, 0.2) is 54.6 Å². The van der Waals surface area contributed by atoms with Gasteiger partial charge in [-0.1, -0.05) is 42.5 Å². The number of alkyl carbamates (subject to hydrolysis) is 1. The predicted octanol–water partition coefficient (Wildman–Crippen LogP) is 2.47. The minimum absolute atomic E-state index is 0.0979. The molecule has 1 amide bonds. The summed E-state index contributed by atoms with van der Waals surface area (Å²) in [5.74, 6) is -2.14. The molecule has 226 valence electrons. The molecule has 12 heteroatoms. The van der Waals surface area contributed by atoms with Gasteiger partial charge in [0.15, 0.2) is 0 Å². The van der Waals surface area contributed by atoms with Gasteiger partial charge in [0.25, 0.3) is 0 Å². The summed E-state index contributed by atoms with van der Waals surface area (Å²) in [6, 6.07) is 13.8. The van der Waals surface area contributed by atoms with Crippen LogP contribution in [0.2, 0.25) is 0 Å². The molecule has 41 heavy (non-hydrogen) atoms. The Balaban J connectivity index is 0.000000340. The Bertz CT molecular complexity index is 1100. The van der Waals surface area contributed by atoms with Gasteiger partial charge in [0.1, 0.15) is 29.5 Å². The fourth-order valence-electron chi connectivity index (χ4n) is 3.52. The molecule has 0 spiro atoms. The molecular weight excluding hydrogens is 534 g/mol. The number of hydrogen-bond donors (Lipinski definition) is 6. The van der Waals surface area contributed by atoms with Crippen LogP contribution in [0.4, 0.5) is 4.79 Å². The minimum atomic E-state index is -1.15. The quantitative estimate of drug-likeness (QED) is 0.253. The van der Waals surface area contributed by atoms with Gasteiger partial charge in [-0.2, -0.15) is 0 Å². The highest BCUT2D eigenvalue weighted by Gasteiger charge is 2.24. The van der Waals surface area contributed by atoms with E-state index in [0.29, 0.717) is 12.0 Å². The lowest BCUT2D eigenvalue weighted by molar-refractivity contribution is -0.142. The van der Waals surface area contributed by atoms with E-state index >= 15 is 0 Å². The largest absolute Gasteiger partial charge is 0.508 e. The van der Waals surface area contributed by atoms with Crippen molar-refractivity contribution in [1.82, 2.24) is 10.6 Å². The summed E-state index contributed by atoms with van der Waals surface area (Å²) >= 11 is 0. The van der Waals surface area contributed by atoms with Crippen LogP contribution in [0.1, 0.15) is 44.7 Å². The van der Waals surface area contributed by atoms with Crippen molar-refractivity contribution >= 4 is 24.0 Å². The third-order valence-corrected chi connectivity index (χ3v) is 5.53. The van der Waals surface area contributed by atoms with Crippen LogP contribution in [0.5, 0.6) is 5.75 Å². The molecule has 1 saturated heterocycles. The number of benzene rings is 2. The fraction of sp³-hybridized carbons (Fsp3) is 0.448. The molecule has 1 fully saturated rings. The van der Waals surface area contributed by atoms with Gasteiger partial charge in [0.2, 0.25) is 0 Å². The number of carbonyl (C=O) groups excluding carboxylic acids is 2. The summed E-state index contributed by atoms with van der Waals surface area (Å²) in [6.07, 6.45) is 1.64. The first kappa shape index (κ1) is 34.9. The van der Waals surface area contributed by atoms with Gasteiger partial charge in [0.05, 0.1) is 7.11 Å². The van der Waals surface area contributed by atoms with E-state index in [9.17, 15) is 19.2 Å². The first-order chi connectivity index (χ1) is 19.2. The molecule has 2 unspecified atom stereocenters. The number of aliphatic carboxylic acids is 2. The second-order valence-corrected chi connectivity index (χ2v) is 10.2. The Labute approximate surface area is 239 Å². The number of amides is 1. The molecule has 1 aliphatic heterocycles. The highest BCUT2D eigenvalue weighted by Crippen LogP contribution is 2.12. The van der Waals surface area contributed by atoms with Gasteiger partial charge < -0.3 is 41.2 Å². The van der Waals surface area contributed by atoms with Gasteiger partial charge in [-0.05, 0) is 69.8 Å². The number of rotatable bonds is 8. The number of nitrogens with two attached hydrogens (primary N) is 1. The average molecular weight is 576 g/mol. The van der Waals surface area contributed by atoms with E-state index in [2.05, 4.69) is 15.4 Å². The number of phenols is 1. The fourth-order valence-corrected chi connectivity index (χ4v) is 3.52. The van der Waals surface area contributed by atoms with Crippen molar-refractivity contribution in [2.75, 3.05) is 13.7 Å². The highest BCUT2D eigenvalue weighted by molar-refractivity contribution is 5.80. The Hall–Kier alpha value is -4.16. The number of carboxylic acids is 2. The molecule has 2 aromatic carbocycles. The number of hydrogen-bond acceptors (Lipinski definition) is 9. The lowest BCUT2D eigenvalue weighted by atomic mass is 10.1. The van der Waals surface area contributed by atoms with Crippen LogP contribution in [0, 0.1) is 0 Å². The number of ether oxygens (including phenoxy) is 2. The van der Waals surface area contributed by atoms with Gasteiger partial charge >= 0.3 is 24.0 Å². The number of phenolic OH excluding ortho intramolecular Hbond substituents is 1. The molecule has 2 aromatic rings. The van der Waals surface area contributed by atoms with Crippen LogP contribution >= 0.6 is 0 Å². The smallest absolute Gasteiger partial charge is 0.408 e. The van der Waals surface area contributed by atoms with E-state index in [1.807, 2.05) is 30.3 Å². The Morgan fingerprint density at radius 3 is 2.02 bits per heavy atom. The maximum absolute atomic E-state index is 11.6. The van der Waals surface area contributed by atoms with Crippen LogP contribution in [0.3, 0.4) is 0 Å². The number of carbonyl (C=O) groups is 4. The Kier molecular flexibility index (Phi) is 14.9. The molecule has 0 bridgehead atoms. The monoisotopic (exact) mass is 575 g/mol. The topological polar surface area (TPSA) is 198 Å².